The maximum atomic E-state index is 5.12. The van der Waals surface area contributed by atoms with Gasteiger partial charge in [-0.1, -0.05) is 24.4 Å². The molecule has 0 saturated heterocycles. The van der Waals surface area contributed by atoms with Gasteiger partial charge in [-0.05, 0) is 18.8 Å². The lowest BCUT2D eigenvalue weighted by molar-refractivity contribution is 0.693. The van der Waals surface area contributed by atoms with Crippen LogP contribution < -0.4 is 0 Å². The molecule has 0 radical (unpaired) electrons. The lowest BCUT2D eigenvalue weighted by Gasteiger charge is -2.00. The number of hydrogen-bond acceptors (Lipinski definition) is 1. The first kappa shape index (κ1) is 4.68. The molecule has 0 aliphatic heterocycles. The van der Waals surface area contributed by atoms with Crippen LogP contribution >= 0.6 is 12.2 Å². The summed E-state index contributed by atoms with van der Waals surface area (Å²) in [6, 6.07) is 0. The van der Waals surface area contributed by atoms with E-state index in [0.717, 1.165) is 5.92 Å². The van der Waals surface area contributed by atoms with E-state index in [9.17, 15) is 0 Å². The number of rotatable bonds is 0. The van der Waals surface area contributed by atoms with Crippen molar-refractivity contribution in [3.8, 4) is 0 Å². The molecule has 42 valence electrons. The highest BCUT2D eigenvalue weighted by molar-refractivity contribution is 7.80. The third-order valence-electron chi connectivity index (χ3n) is 2.05. The summed E-state index contributed by atoms with van der Waals surface area (Å²) in [5.74, 6) is 1.52. The van der Waals surface area contributed by atoms with Gasteiger partial charge in [0.15, 0.2) is 0 Å². The van der Waals surface area contributed by atoms with Crippen molar-refractivity contribution in [3.05, 3.63) is 12.2 Å². The maximum absolute atomic E-state index is 5.12. The van der Waals surface area contributed by atoms with Crippen LogP contribution in [0.5, 0.6) is 0 Å². The highest BCUT2D eigenvalue weighted by Gasteiger charge is 2.30. The molecule has 2 aliphatic carbocycles. The predicted octanol–water partition coefficient (Wildman–Crippen LogP) is 1.95. The first-order chi connectivity index (χ1) is 3.86. The van der Waals surface area contributed by atoms with Gasteiger partial charge in [0, 0.05) is 10.8 Å². The minimum atomic E-state index is 0.690. The van der Waals surface area contributed by atoms with Crippen LogP contribution in [0.1, 0.15) is 12.8 Å². The third-order valence-corrected chi connectivity index (χ3v) is 2.52. The van der Waals surface area contributed by atoms with E-state index in [0.29, 0.717) is 5.92 Å². The fourth-order valence-electron chi connectivity index (χ4n) is 1.57. The van der Waals surface area contributed by atoms with Crippen molar-refractivity contribution in [1.82, 2.24) is 0 Å². The molecule has 0 N–H and O–H groups in total. The third kappa shape index (κ3) is 0.480. The molecule has 2 rings (SSSR count). The Morgan fingerprint density at radius 2 is 2.38 bits per heavy atom. The Hall–Kier alpha value is -0.170. The van der Waals surface area contributed by atoms with E-state index in [4.69, 9.17) is 12.2 Å². The average molecular weight is 124 g/mol. The Labute approximate surface area is 54.6 Å². The minimum absolute atomic E-state index is 0.690. The van der Waals surface area contributed by atoms with E-state index in [2.05, 4.69) is 12.2 Å². The van der Waals surface area contributed by atoms with Crippen molar-refractivity contribution in [2.24, 2.45) is 11.8 Å². The molecule has 1 saturated carbocycles. The summed E-state index contributed by atoms with van der Waals surface area (Å²) in [5, 5.41) is 0. The fraction of sp³-hybridized carbons (Fsp3) is 0.571. The summed E-state index contributed by atoms with van der Waals surface area (Å²) in [5.41, 5.74) is 0. The van der Waals surface area contributed by atoms with Gasteiger partial charge in [0.1, 0.15) is 0 Å². The maximum Gasteiger partial charge on any atom is 0.00877 e. The molecule has 0 aromatic carbocycles. The largest absolute Gasteiger partial charge is 0.0890 e. The Morgan fingerprint density at radius 3 is 2.62 bits per heavy atom. The van der Waals surface area contributed by atoms with Gasteiger partial charge in [-0.25, -0.2) is 0 Å². The molecule has 0 nitrogen and oxygen atoms in total. The van der Waals surface area contributed by atoms with Gasteiger partial charge in [-0.15, -0.1) is 0 Å². The van der Waals surface area contributed by atoms with Gasteiger partial charge < -0.3 is 0 Å². The van der Waals surface area contributed by atoms with Gasteiger partial charge >= 0.3 is 0 Å². The second kappa shape index (κ2) is 1.41. The van der Waals surface area contributed by atoms with Crippen molar-refractivity contribution in [3.63, 3.8) is 0 Å². The summed E-state index contributed by atoms with van der Waals surface area (Å²) in [4.78, 5) is 1.29. The summed E-state index contributed by atoms with van der Waals surface area (Å²) in [7, 11) is 0. The van der Waals surface area contributed by atoms with Crippen LogP contribution in [0.3, 0.4) is 0 Å². The number of thiocarbonyl (C=S) groups is 1. The van der Waals surface area contributed by atoms with Crippen LogP contribution in [-0.2, 0) is 0 Å². The second-order valence-corrected chi connectivity index (χ2v) is 3.18. The Balaban J connectivity index is 2.35. The molecule has 0 aromatic rings. The molecule has 1 heteroatoms. The monoisotopic (exact) mass is 124 g/mol. The normalized spacial score (nSPS) is 41.8. The van der Waals surface area contributed by atoms with Crippen LogP contribution in [0.15, 0.2) is 12.2 Å². The van der Waals surface area contributed by atoms with Gasteiger partial charge in [-0.2, -0.15) is 0 Å². The lowest BCUT2D eigenvalue weighted by atomic mass is 10.1. The summed E-state index contributed by atoms with van der Waals surface area (Å²) in [6.07, 6.45) is 7.08. The Morgan fingerprint density at radius 1 is 1.50 bits per heavy atom. The van der Waals surface area contributed by atoms with Crippen molar-refractivity contribution in [1.29, 1.82) is 0 Å². The highest BCUT2D eigenvalue weighted by Crippen LogP contribution is 2.36. The van der Waals surface area contributed by atoms with Crippen LogP contribution in [-0.4, -0.2) is 4.86 Å². The molecular formula is C7H8S. The summed E-state index contributed by atoms with van der Waals surface area (Å²) < 4.78 is 0. The zero-order valence-electron chi connectivity index (χ0n) is 4.63. The van der Waals surface area contributed by atoms with Gasteiger partial charge in [-0.3, -0.25) is 0 Å². The van der Waals surface area contributed by atoms with Crippen LogP contribution in [0, 0.1) is 11.8 Å². The molecule has 0 amide bonds. The van der Waals surface area contributed by atoms with E-state index >= 15 is 0 Å². The Kier molecular flexibility index (Phi) is 0.826. The smallest absolute Gasteiger partial charge is 0.00877 e. The number of fused-ring (bicyclic) bond motifs is 2. The van der Waals surface area contributed by atoms with Crippen LogP contribution in [0.4, 0.5) is 0 Å². The van der Waals surface area contributed by atoms with E-state index in [1.54, 1.807) is 0 Å². The molecule has 2 aliphatic rings. The number of hydrogen-bond donors (Lipinski definition) is 0. The molecule has 1 fully saturated rings. The lowest BCUT2D eigenvalue weighted by Crippen LogP contribution is -1.99. The van der Waals surface area contributed by atoms with Crippen molar-refractivity contribution in [2.75, 3.05) is 0 Å². The molecule has 2 bridgehead atoms. The predicted molar refractivity (Wildman–Crippen MR) is 38.0 cm³/mol. The Bertz CT molecular complexity index is 158. The molecule has 2 atom stereocenters. The zero-order valence-corrected chi connectivity index (χ0v) is 5.45. The van der Waals surface area contributed by atoms with Crippen molar-refractivity contribution >= 4 is 17.1 Å². The first-order valence-electron chi connectivity index (χ1n) is 3.07. The van der Waals surface area contributed by atoms with E-state index < -0.39 is 0 Å². The van der Waals surface area contributed by atoms with Gasteiger partial charge in [0.05, 0.1) is 0 Å². The summed E-state index contributed by atoms with van der Waals surface area (Å²) >= 11 is 5.12. The standard InChI is InChI=1S/C7H8S/c8-7-4-5-1-2-6(7)3-5/h1-2,5-6H,3-4H2. The van der Waals surface area contributed by atoms with Gasteiger partial charge in [0.2, 0.25) is 0 Å². The molecule has 0 aromatic heterocycles. The second-order valence-electron chi connectivity index (χ2n) is 2.66. The fourth-order valence-corrected chi connectivity index (χ4v) is 1.96. The quantitative estimate of drug-likeness (QED) is 0.351. The van der Waals surface area contributed by atoms with Crippen LogP contribution in [0.25, 0.3) is 0 Å². The molecule has 2 unspecified atom stereocenters. The number of allylic oxidation sites excluding steroid dienone is 2. The van der Waals surface area contributed by atoms with E-state index in [-0.39, 0.29) is 0 Å². The van der Waals surface area contributed by atoms with E-state index in [1.165, 1.54) is 17.7 Å². The zero-order chi connectivity index (χ0) is 5.56. The molecule has 8 heavy (non-hydrogen) atoms. The average Bonchev–Trinajstić information content (AvgIpc) is 2.23. The van der Waals surface area contributed by atoms with Gasteiger partial charge in [0.25, 0.3) is 0 Å². The molecule has 0 heterocycles. The highest BCUT2D eigenvalue weighted by atomic mass is 32.1. The topological polar surface area (TPSA) is 0 Å². The molecule has 0 spiro atoms. The first-order valence-corrected chi connectivity index (χ1v) is 3.48. The van der Waals surface area contributed by atoms with Crippen molar-refractivity contribution in [2.45, 2.75) is 12.8 Å². The SMILES string of the molecule is S=C1CC2C=CC1C2. The van der Waals surface area contributed by atoms with E-state index in [1.807, 2.05) is 0 Å². The van der Waals surface area contributed by atoms with Crippen LogP contribution in [0.2, 0.25) is 0 Å². The molecular weight excluding hydrogens is 116 g/mol. The minimum Gasteiger partial charge on any atom is -0.0890 e. The summed E-state index contributed by atoms with van der Waals surface area (Å²) in [6.45, 7) is 0. The van der Waals surface area contributed by atoms with Crippen molar-refractivity contribution < 1.29 is 0 Å².